The smallest absolute Gasteiger partial charge is 0.453 e. The Morgan fingerprint density at radius 2 is 1.08 bits per heavy atom. The molecule has 0 bridgehead atoms. The molecule has 0 radical (unpaired) electrons. The molecule has 10 heteroatoms. The summed E-state index contributed by atoms with van der Waals surface area (Å²) in [6, 6.07) is 75.5. The highest BCUT2D eigenvalue weighted by atomic mass is 79.9. The van der Waals surface area contributed by atoms with Crippen molar-refractivity contribution in [2.45, 2.75) is 38.4 Å². The zero-order valence-electron chi connectivity index (χ0n) is 40.4. The van der Waals surface area contributed by atoms with E-state index in [9.17, 15) is 0 Å². The van der Waals surface area contributed by atoms with E-state index in [1.807, 2.05) is 54.6 Å². The lowest BCUT2D eigenvalue weighted by Crippen LogP contribution is -2.46. The van der Waals surface area contributed by atoms with Crippen molar-refractivity contribution >= 4 is 67.4 Å². The zero-order valence-corrected chi connectivity index (χ0v) is 42.0. The minimum Gasteiger partial charge on any atom is -0.453 e. The summed E-state index contributed by atoms with van der Waals surface area (Å²) in [6.45, 7) is 6.39. The molecular formula is C63H47BBrN5O3. The van der Waals surface area contributed by atoms with Crippen LogP contribution in [-0.4, -0.2) is 37.8 Å². The van der Waals surface area contributed by atoms with Crippen molar-refractivity contribution in [1.29, 1.82) is 0 Å². The summed E-state index contributed by atoms with van der Waals surface area (Å²) in [5.41, 5.74) is 11.8. The second-order valence-corrected chi connectivity index (χ2v) is 20.4. The molecule has 0 N–H and O–H groups in total. The molecule has 4 heterocycles. The van der Waals surface area contributed by atoms with Crippen molar-refractivity contribution in [3.8, 4) is 62.5 Å². The number of halogens is 1. The molecule has 2 aromatic heterocycles. The van der Waals surface area contributed by atoms with Crippen LogP contribution in [0, 0.1) is 0 Å². The molecule has 352 valence electrons. The molecule has 0 amide bonds. The Hall–Kier alpha value is -8.15. The Morgan fingerprint density at radius 1 is 0.466 bits per heavy atom. The topological polar surface area (TPSA) is 74.5 Å². The first kappa shape index (κ1) is 44.8. The van der Waals surface area contributed by atoms with Gasteiger partial charge in [-0.25, -0.2) is 15.0 Å². The average molecular weight is 1010 g/mol. The van der Waals surface area contributed by atoms with Crippen LogP contribution >= 0.6 is 15.9 Å². The van der Waals surface area contributed by atoms with Gasteiger partial charge in [0, 0.05) is 49.7 Å². The largest absolute Gasteiger partial charge is 0.494 e. The maximum absolute atomic E-state index is 7.04. The van der Waals surface area contributed by atoms with Gasteiger partial charge < -0.3 is 23.5 Å². The van der Waals surface area contributed by atoms with Gasteiger partial charge in [0.05, 0.1) is 33.6 Å². The minimum absolute atomic E-state index is 0.586. The molecule has 1 unspecified atom stereocenters. The fraction of sp³-hybridized carbons (Fsp3) is 0.0952. The normalized spacial score (nSPS) is 15.8. The molecule has 13 rings (SSSR count). The Kier molecular flexibility index (Phi) is 11.0. The summed E-state index contributed by atoms with van der Waals surface area (Å²) in [7, 11) is -0.586. The quantitative estimate of drug-likeness (QED) is 0.133. The van der Waals surface area contributed by atoms with Crippen LogP contribution in [-0.2, 0) is 15.7 Å². The van der Waals surface area contributed by atoms with Gasteiger partial charge in [0.15, 0.2) is 29.0 Å². The third-order valence-corrected chi connectivity index (χ3v) is 15.0. The number of rotatable bonds is 9. The molecule has 1 fully saturated rings. The molecule has 2 aliphatic heterocycles. The Bertz CT molecular complexity index is 3920. The number of aromatic nitrogens is 4. The fourth-order valence-electron chi connectivity index (χ4n) is 10.4. The second-order valence-electron chi connectivity index (χ2n) is 19.5. The highest BCUT2D eigenvalue weighted by Crippen LogP contribution is 2.51. The zero-order chi connectivity index (χ0) is 49.3. The highest BCUT2D eigenvalue weighted by Gasteiger charge is 2.54. The summed E-state index contributed by atoms with van der Waals surface area (Å²) in [6.07, 6.45) is 0.590. The van der Waals surface area contributed by atoms with Crippen LogP contribution in [0.1, 0.15) is 26.3 Å². The first-order chi connectivity index (χ1) is 35.6. The van der Waals surface area contributed by atoms with Gasteiger partial charge >= 0.3 is 7.12 Å². The van der Waals surface area contributed by atoms with Crippen LogP contribution < -0.4 is 15.1 Å². The van der Waals surface area contributed by atoms with Gasteiger partial charge in [-0.2, -0.15) is 0 Å². The fourth-order valence-corrected chi connectivity index (χ4v) is 10.8. The van der Waals surface area contributed by atoms with E-state index in [0.717, 1.165) is 88.6 Å². The lowest BCUT2D eigenvalue weighted by molar-refractivity contribution is -0.00876. The number of nitrogens with zero attached hydrogens (tertiary/aromatic N) is 5. The van der Waals surface area contributed by atoms with Crippen molar-refractivity contribution < 1.29 is 14.0 Å². The van der Waals surface area contributed by atoms with Gasteiger partial charge in [0.2, 0.25) is 0 Å². The van der Waals surface area contributed by atoms with E-state index in [1.54, 1.807) is 0 Å². The Morgan fingerprint density at radius 3 is 1.90 bits per heavy atom. The van der Waals surface area contributed by atoms with E-state index in [1.165, 1.54) is 10.8 Å². The average Bonchev–Trinajstić information content (AvgIpc) is 3.88. The van der Waals surface area contributed by atoms with E-state index in [4.69, 9.17) is 29.0 Å². The van der Waals surface area contributed by atoms with Gasteiger partial charge in [-0.3, -0.25) is 0 Å². The van der Waals surface area contributed by atoms with Crippen LogP contribution in [0.15, 0.2) is 223 Å². The lowest BCUT2D eigenvalue weighted by atomic mass is 9.78. The van der Waals surface area contributed by atoms with Crippen LogP contribution in [0.3, 0.4) is 0 Å². The molecule has 0 saturated carbocycles. The van der Waals surface area contributed by atoms with Crippen molar-refractivity contribution in [2.24, 2.45) is 0 Å². The van der Waals surface area contributed by atoms with Crippen molar-refractivity contribution in [3.63, 3.8) is 0 Å². The number of anilines is 3. The third kappa shape index (κ3) is 8.08. The summed E-state index contributed by atoms with van der Waals surface area (Å²) in [4.78, 5) is 17.7. The molecule has 0 spiro atoms. The molecule has 1 atom stereocenters. The second kappa shape index (κ2) is 17.9. The standard InChI is InChI=1S/C63H47BBrN5O3/c1-62(2)63(3,73-64(72-62)47-23-15-20-43(36-47)44-31-33-56-58(38-44)71-57-30-13-12-29-55(57)69(56)49-24-8-5-9-25-49)40-41-17-14-21-45(35-41)60-66-59(42-18-6-4-7-19-42)67-61(68-60)46-22-16-26-50(37-46)70-53-28-11-10-27-51(53)52-39-48(65)32-34-54(52)70/h4-39H,40H2,1-3H3. The van der Waals surface area contributed by atoms with E-state index in [0.29, 0.717) is 23.9 Å². The summed E-state index contributed by atoms with van der Waals surface area (Å²) >= 11 is 3.70. The predicted molar refractivity (Wildman–Crippen MR) is 299 cm³/mol. The van der Waals surface area contributed by atoms with Crippen LogP contribution in [0.4, 0.5) is 17.1 Å². The van der Waals surface area contributed by atoms with E-state index < -0.39 is 18.3 Å². The SMILES string of the molecule is CC1(C)OB(c2cccc(-c3ccc4c(c3)Oc3ccccc3N4c3ccccc3)c2)OC1(C)Cc1cccc(-c2nc(-c3ccccc3)nc(-c3cccc(-n4c5ccccc5c5cc(Br)ccc54)c3)n2)c1. The minimum atomic E-state index is -0.691. The number of para-hydroxylation sites is 4. The monoisotopic (exact) mass is 1010 g/mol. The number of hydrogen-bond donors (Lipinski definition) is 0. The molecule has 11 aromatic rings. The highest BCUT2D eigenvalue weighted by molar-refractivity contribution is 9.10. The van der Waals surface area contributed by atoms with E-state index in [-0.39, 0.29) is 0 Å². The number of benzene rings is 9. The van der Waals surface area contributed by atoms with Gasteiger partial charge in [-0.1, -0.05) is 155 Å². The number of hydrogen-bond acceptors (Lipinski definition) is 7. The summed E-state index contributed by atoms with van der Waals surface area (Å²) in [5, 5.41) is 2.37. The molecule has 2 aliphatic rings. The van der Waals surface area contributed by atoms with Gasteiger partial charge in [0.25, 0.3) is 0 Å². The maximum Gasteiger partial charge on any atom is 0.494 e. The summed E-state index contributed by atoms with van der Waals surface area (Å²) < 4.78 is 23.8. The lowest BCUT2D eigenvalue weighted by Gasteiger charge is -2.36. The maximum atomic E-state index is 7.04. The Balaban J connectivity index is 0.800. The van der Waals surface area contributed by atoms with E-state index in [2.05, 4.69) is 210 Å². The molecule has 0 aliphatic carbocycles. The first-order valence-corrected chi connectivity index (χ1v) is 25.4. The molecule has 1 saturated heterocycles. The van der Waals surface area contributed by atoms with Crippen LogP contribution in [0.2, 0.25) is 0 Å². The molecule has 73 heavy (non-hydrogen) atoms. The summed E-state index contributed by atoms with van der Waals surface area (Å²) in [5.74, 6) is 3.38. The molecule has 8 nitrogen and oxygen atoms in total. The van der Waals surface area contributed by atoms with Crippen molar-refractivity contribution in [2.75, 3.05) is 4.90 Å². The van der Waals surface area contributed by atoms with Crippen LogP contribution in [0.25, 0.3) is 72.8 Å². The first-order valence-electron chi connectivity index (χ1n) is 24.6. The molecular weight excluding hydrogens is 965 g/mol. The number of fused-ring (bicyclic) bond motifs is 5. The van der Waals surface area contributed by atoms with Gasteiger partial charge in [-0.05, 0) is 122 Å². The van der Waals surface area contributed by atoms with E-state index >= 15 is 0 Å². The predicted octanol–water partition coefficient (Wildman–Crippen LogP) is 15.5. The van der Waals surface area contributed by atoms with Crippen molar-refractivity contribution in [1.82, 2.24) is 19.5 Å². The number of ether oxygens (including phenoxy) is 1. The molecule has 9 aromatic carbocycles. The third-order valence-electron chi connectivity index (χ3n) is 14.5. The van der Waals surface area contributed by atoms with Crippen LogP contribution in [0.5, 0.6) is 11.5 Å². The Labute approximate surface area is 432 Å². The van der Waals surface area contributed by atoms with Gasteiger partial charge in [0.1, 0.15) is 0 Å². The van der Waals surface area contributed by atoms with Crippen molar-refractivity contribution in [3.05, 3.63) is 228 Å². The van der Waals surface area contributed by atoms with Gasteiger partial charge in [-0.15, -0.1) is 0 Å².